The molecule has 2 heteroatoms. The summed E-state index contributed by atoms with van der Waals surface area (Å²) in [5.74, 6) is -0.185. The lowest BCUT2D eigenvalue weighted by Crippen LogP contribution is -2.16. The zero-order valence-electron chi connectivity index (χ0n) is 5.66. The monoisotopic (exact) mass is 138 g/mol. The van der Waals surface area contributed by atoms with E-state index in [0.29, 0.717) is 0 Å². The molecular weight excluding hydrogens is 128 g/mol. The van der Waals surface area contributed by atoms with E-state index in [1.54, 1.807) is 0 Å². The molecule has 0 aromatic carbocycles. The third-order valence-electron chi connectivity index (χ3n) is 1.55. The average Bonchev–Trinajstić information content (AvgIpc) is 2.05. The second kappa shape index (κ2) is 3.32. The number of aliphatic hydroxyl groups excluding tert-OH is 1. The maximum Gasteiger partial charge on any atom is 0.165 e. The summed E-state index contributed by atoms with van der Waals surface area (Å²) < 4.78 is 0. The van der Waals surface area contributed by atoms with Gasteiger partial charge in [-0.3, -0.25) is 4.79 Å². The van der Waals surface area contributed by atoms with Crippen LogP contribution in [0.2, 0.25) is 0 Å². The summed E-state index contributed by atoms with van der Waals surface area (Å²) in [5, 5.41) is 8.48. The minimum atomic E-state index is -0.344. The number of carbonyl (C=O) groups excluding carboxylic acids is 1. The second-order valence-electron chi connectivity index (χ2n) is 2.28. The SMILES string of the molecule is O=C(CO)C1C=CC=CC1. The molecule has 54 valence electrons. The Hall–Kier alpha value is -0.890. The third kappa shape index (κ3) is 1.54. The van der Waals surface area contributed by atoms with Crippen molar-refractivity contribution >= 4 is 5.78 Å². The zero-order valence-corrected chi connectivity index (χ0v) is 5.66. The number of hydrogen-bond donors (Lipinski definition) is 1. The molecule has 10 heavy (non-hydrogen) atoms. The maximum absolute atomic E-state index is 10.8. The molecule has 1 atom stereocenters. The van der Waals surface area contributed by atoms with Gasteiger partial charge in [-0.05, 0) is 6.42 Å². The van der Waals surface area contributed by atoms with Crippen molar-refractivity contribution in [2.24, 2.45) is 5.92 Å². The van der Waals surface area contributed by atoms with E-state index in [1.165, 1.54) is 0 Å². The molecule has 0 saturated carbocycles. The summed E-state index contributed by atoms with van der Waals surface area (Å²) in [4.78, 5) is 10.8. The van der Waals surface area contributed by atoms with Crippen molar-refractivity contribution in [2.75, 3.05) is 6.61 Å². The van der Waals surface area contributed by atoms with Crippen molar-refractivity contribution in [3.05, 3.63) is 24.3 Å². The van der Waals surface area contributed by atoms with E-state index >= 15 is 0 Å². The highest BCUT2D eigenvalue weighted by atomic mass is 16.3. The number of aliphatic hydroxyl groups is 1. The van der Waals surface area contributed by atoms with Gasteiger partial charge in [-0.2, -0.15) is 0 Å². The fraction of sp³-hybridized carbons (Fsp3) is 0.375. The van der Waals surface area contributed by atoms with Gasteiger partial charge in [0.05, 0.1) is 0 Å². The Morgan fingerprint density at radius 1 is 1.60 bits per heavy atom. The van der Waals surface area contributed by atoms with Crippen LogP contribution in [-0.2, 0) is 4.79 Å². The molecule has 1 aliphatic rings. The summed E-state index contributed by atoms with van der Waals surface area (Å²) in [6, 6.07) is 0. The van der Waals surface area contributed by atoms with Crippen LogP contribution in [0.5, 0.6) is 0 Å². The van der Waals surface area contributed by atoms with Crippen molar-refractivity contribution in [1.29, 1.82) is 0 Å². The van der Waals surface area contributed by atoms with Crippen LogP contribution in [0, 0.1) is 5.92 Å². The van der Waals surface area contributed by atoms with Crippen molar-refractivity contribution in [1.82, 2.24) is 0 Å². The summed E-state index contributed by atoms with van der Waals surface area (Å²) in [7, 11) is 0. The zero-order chi connectivity index (χ0) is 7.40. The van der Waals surface area contributed by atoms with Gasteiger partial charge in [-0.1, -0.05) is 24.3 Å². The fourth-order valence-corrected chi connectivity index (χ4v) is 0.937. The highest BCUT2D eigenvalue weighted by molar-refractivity contribution is 5.84. The molecule has 1 aliphatic carbocycles. The molecule has 0 fully saturated rings. The molecule has 0 aliphatic heterocycles. The number of allylic oxidation sites excluding steroid dienone is 4. The lowest BCUT2D eigenvalue weighted by molar-refractivity contribution is -0.124. The Morgan fingerprint density at radius 2 is 2.40 bits per heavy atom. The molecule has 2 nitrogen and oxygen atoms in total. The van der Waals surface area contributed by atoms with Crippen LogP contribution in [0.4, 0.5) is 0 Å². The van der Waals surface area contributed by atoms with Gasteiger partial charge < -0.3 is 5.11 Å². The number of rotatable bonds is 2. The predicted molar refractivity (Wildman–Crippen MR) is 38.5 cm³/mol. The lowest BCUT2D eigenvalue weighted by Gasteiger charge is -2.08. The number of Topliss-reactive ketones (excluding diaryl/α,β-unsaturated/α-hetero) is 1. The fourth-order valence-electron chi connectivity index (χ4n) is 0.937. The first-order chi connectivity index (χ1) is 4.84. The molecule has 0 heterocycles. The molecule has 0 radical (unpaired) electrons. The van der Waals surface area contributed by atoms with Gasteiger partial charge in [0, 0.05) is 5.92 Å². The molecule has 0 spiro atoms. The van der Waals surface area contributed by atoms with Gasteiger partial charge in [-0.25, -0.2) is 0 Å². The van der Waals surface area contributed by atoms with E-state index in [0.717, 1.165) is 6.42 Å². The first-order valence-electron chi connectivity index (χ1n) is 3.31. The van der Waals surface area contributed by atoms with Crippen molar-refractivity contribution < 1.29 is 9.90 Å². The van der Waals surface area contributed by atoms with Gasteiger partial charge in [0.2, 0.25) is 0 Å². The van der Waals surface area contributed by atoms with Crippen LogP contribution in [0.1, 0.15) is 6.42 Å². The lowest BCUT2D eigenvalue weighted by atomic mass is 9.97. The predicted octanol–water partition coefficient (Wildman–Crippen LogP) is 0.680. The Kier molecular flexibility index (Phi) is 2.40. The Bertz CT molecular complexity index is 180. The summed E-state index contributed by atoms with van der Waals surface area (Å²) in [6.07, 6.45) is 8.22. The van der Waals surface area contributed by atoms with E-state index in [-0.39, 0.29) is 18.3 Å². The Balaban J connectivity index is 2.51. The molecular formula is C8H10O2. The summed E-state index contributed by atoms with van der Waals surface area (Å²) in [6.45, 7) is -0.344. The molecule has 0 saturated heterocycles. The van der Waals surface area contributed by atoms with Crippen molar-refractivity contribution in [3.8, 4) is 0 Å². The first kappa shape index (κ1) is 7.22. The van der Waals surface area contributed by atoms with Gasteiger partial charge >= 0.3 is 0 Å². The first-order valence-corrected chi connectivity index (χ1v) is 3.31. The highest BCUT2D eigenvalue weighted by Gasteiger charge is 2.12. The van der Waals surface area contributed by atoms with Gasteiger partial charge in [0.25, 0.3) is 0 Å². The van der Waals surface area contributed by atoms with E-state index in [9.17, 15) is 4.79 Å². The maximum atomic E-state index is 10.8. The van der Waals surface area contributed by atoms with Crippen LogP contribution < -0.4 is 0 Å². The summed E-state index contributed by atoms with van der Waals surface area (Å²) in [5.41, 5.74) is 0. The van der Waals surface area contributed by atoms with Crippen LogP contribution in [0.25, 0.3) is 0 Å². The normalized spacial score (nSPS) is 23.1. The number of ketones is 1. The van der Waals surface area contributed by atoms with Crippen LogP contribution >= 0.6 is 0 Å². The molecule has 0 aromatic rings. The standard InChI is InChI=1S/C8H10O2/c9-6-8(10)7-4-2-1-3-5-7/h1-4,7,9H,5-6H2. The smallest absolute Gasteiger partial charge is 0.165 e. The number of carbonyl (C=O) groups is 1. The highest BCUT2D eigenvalue weighted by Crippen LogP contribution is 2.11. The molecule has 1 unspecified atom stereocenters. The quantitative estimate of drug-likeness (QED) is 0.609. The molecule has 1 rings (SSSR count). The van der Waals surface area contributed by atoms with E-state index < -0.39 is 0 Å². The van der Waals surface area contributed by atoms with Crippen LogP contribution in [0.3, 0.4) is 0 Å². The van der Waals surface area contributed by atoms with Gasteiger partial charge in [0.15, 0.2) is 5.78 Å². The minimum Gasteiger partial charge on any atom is -0.389 e. The molecule has 1 N–H and O–H groups in total. The van der Waals surface area contributed by atoms with Gasteiger partial charge in [-0.15, -0.1) is 0 Å². The van der Waals surface area contributed by atoms with E-state index in [1.807, 2.05) is 24.3 Å². The third-order valence-corrected chi connectivity index (χ3v) is 1.55. The van der Waals surface area contributed by atoms with E-state index in [2.05, 4.69) is 0 Å². The topological polar surface area (TPSA) is 37.3 Å². The van der Waals surface area contributed by atoms with Crippen molar-refractivity contribution in [3.63, 3.8) is 0 Å². The Labute approximate surface area is 59.9 Å². The molecule has 0 bridgehead atoms. The molecule has 0 amide bonds. The van der Waals surface area contributed by atoms with E-state index in [4.69, 9.17) is 5.11 Å². The summed E-state index contributed by atoms with van der Waals surface area (Å²) >= 11 is 0. The van der Waals surface area contributed by atoms with Gasteiger partial charge in [0.1, 0.15) is 6.61 Å². The molecule has 0 aromatic heterocycles. The second-order valence-corrected chi connectivity index (χ2v) is 2.28. The number of hydrogen-bond acceptors (Lipinski definition) is 2. The van der Waals surface area contributed by atoms with Crippen LogP contribution in [0.15, 0.2) is 24.3 Å². The average molecular weight is 138 g/mol. The largest absolute Gasteiger partial charge is 0.389 e. The Morgan fingerprint density at radius 3 is 2.90 bits per heavy atom. The minimum absolute atomic E-state index is 0.0880. The van der Waals surface area contributed by atoms with Crippen molar-refractivity contribution in [2.45, 2.75) is 6.42 Å². The van der Waals surface area contributed by atoms with Crippen LogP contribution in [-0.4, -0.2) is 17.5 Å².